The van der Waals surface area contributed by atoms with Crippen LogP contribution in [0.1, 0.15) is 24.4 Å². The van der Waals surface area contributed by atoms with Crippen molar-refractivity contribution in [2.45, 2.75) is 18.9 Å². The van der Waals surface area contributed by atoms with Crippen molar-refractivity contribution in [3.05, 3.63) is 46.7 Å². The van der Waals surface area contributed by atoms with Gasteiger partial charge in [-0.3, -0.25) is 14.5 Å². The number of aromatic hydroxyl groups is 1. The molecule has 0 saturated heterocycles. The lowest BCUT2D eigenvalue weighted by Gasteiger charge is -2.24. The summed E-state index contributed by atoms with van der Waals surface area (Å²) < 4.78 is 0. The smallest absolute Gasteiger partial charge is 0.296 e. The normalized spacial score (nSPS) is 20.8. The number of rotatable bonds is 4. The molecule has 122 valence electrons. The Morgan fingerprint density at radius 3 is 2.62 bits per heavy atom. The number of ketones is 1. The lowest BCUT2D eigenvalue weighted by molar-refractivity contribution is -0.118. The largest absolute Gasteiger partial charge is 0.508 e. The van der Waals surface area contributed by atoms with E-state index in [1.807, 2.05) is 0 Å². The van der Waals surface area contributed by atoms with E-state index in [0.717, 1.165) is 24.2 Å². The van der Waals surface area contributed by atoms with Gasteiger partial charge in [0.2, 0.25) is 5.13 Å². The van der Waals surface area contributed by atoms with Gasteiger partial charge in [-0.15, -0.1) is 10.2 Å². The van der Waals surface area contributed by atoms with Crippen LogP contribution in [0.15, 0.2) is 41.1 Å². The minimum atomic E-state index is -0.903. The number of hydrogen-bond donors (Lipinski definition) is 2. The van der Waals surface area contributed by atoms with Crippen molar-refractivity contribution < 1.29 is 19.8 Å². The molecule has 0 bridgehead atoms. The number of aromatic nitrogens is 2. The summed E-state index contributed by atoms with van der Waals surface area (Å²) in [6, 6.07) is 5.55. The van der Waals surface area contributed by atoms with Gasteiger partial charge in [0.1, 0.15) is 17.3 Å². The number of nitrogens with zero attached hydrogens (tertiary/aromatic N) is 3. The number of Topliss-reactive ketones (excluding diaryl/α,β-unsaturated/α-hetero) is 1. The fourth-order valence-corrected chi connectivity index (χ4v) is 3.49. The lowest BCUT2D eigenvalue weighted by atomic mass is 9.94. The minimum absolute atomic E-state index is 0.0270. The van der Waals surface area contributed by atoms with E-state index in [-0.39, 0.29) is 28.2 Å². The molecule has 1 aliphatic carbocycles. The summed E-state index contributed by atoms with van der Waals surface area (Å²) in [5.41, 5.74) is 1.86. The van der Waals surface area contributed by atoms with Gasteiger partial charge in [-0.2, -0.15) is 0 Å². The summed E-state index contributed by atoms with van der Waals surface area (Å²) >= 11 is 1.12. The molecular weight excluding hydrogens is 330 g/mol. The molecule has 2 N–H and O–H groups in total. The van der Waals surface area contributed by atoms with Crippen LogP contribution < -0.4 is 4.90 Å². The quantitative estimate of drug-likeness (QED) is 0.881. The van der Waals surface area contributed by atoms with Crippen LogP contribution in [0.4, 0.5) is 5.13 Å². The van der Waals surface area contributed by atoms with E-state index < -0.39 is 17.7 Å². The second-order valence-electron chi connectivity index (χ2n) is 5.76. The van der Waals surface area contributed by atoms with Gasteiger partial charge in [0.25, 0.3) is 5.91 Å². The molecule has 0 spiro atoms. The van der Waals surface area contributed by atoms with Crippen molar-refractivity contribution in [2.24, 2.45) is 5.92 Å². The topological polar surface area (TPSA) is 104 Å². The first-order valence-electron chi connectivity index (χ1n) is 7.44. The van der Waals surface area contributed by atoms with E-state index in [9.17, 15) is 19.8 Å². The van der Waals surface area contributed by atoms with E-state index >= 15 is 0 Å². The zero-order chi connectivity index (χ0) is 16.8. The molecule has 1 amide bonds. The Morgan fingerprint density at radius 1 is 1.25 bits per heavy atom. The van der Waals surface area contributed by atoms with Gasteiger partial charge in [-0.25, -0.2) is 0 Å². The van der Waals surface area contributed by atoms with E-state index in [1.54, 1.807) is 18.2 Å². The number of aliphatic hydroxyl groups excluding tert-OH is 1. The summed E-state index contributed by atoms with van der Waals surface area (Å²) in [5, 5.41) is 28.4. The van der Waals surface area contributed by atoms with Crippen LogP contribution in [0.2, 0.25) is 0 Å². The molecule has 24 heavy (non-hydrogen) atoms. The molecular formula is C16H13N3O4S. The Morgan fingerprint density at radius 2 is 2.00 bits per heavy atom. The van der Waals surface area contributed by atoms with Crippen molar-refractivity contribution >= 4 is 28.2 Å². The van der Waals surface area contributed by atoms with Crippen LogP contribution in [-0.2, 0) is 9.59 Å². The van der Waals surface area contributed by atoms with Gasteiger partial charge in [-0.1, -0.05) is 29.5 Å². The molecule has 2 aromatic rings. The predicted molar refractivity (Wildman–Crippen MR) is 85.6 cm³/mol. The number of phenolic OH excluding ortho intramolecular Hbond substituents is 1. The Labute approximate surface area is 140 Å². The third-order valence-electron chi connectivity index (χ3n) is 4.21. The Kier molecular flexibility index (Phi) is 3.34. The van der Waals surface area contributed by atoms with Crippen molar-refractivity contribution in [3.8, 4) is 5.75 Å². The van der Waals surface area contributed by atoms with Crippen LogP contribution in [0, 0.1) is 5.92 Å². The first-order valence-corrected chi connectivity index (χ1v) is 8.32. The van der Waals surface area contributed by atoms with Gasteiger partial charge >= 0.3 is 0 Å². The molecule has 1 atom stereocenters. The van der Waals surface area contributed by atoms with Crippen molar-refractivity contribution in [1.82, 2.24) is 10.2 Å². The number of para-hydroxylation sites is 1. The fraction of sp³-hybridized carbons (Fsp3) is 0.250. The Balaban J connectivity index is 1.89. The highest BCUT2D eigenvalue weighted by Gasteiger charge is 2.49. The molecule has 2 heterocycles. The van der Waals surface area contributed by atoms with E-state index in [4.69, 9.17) is 0 Å². The summed E-state index contributed by atoms with van der Waals surface area (Å²) in [5.74, 6) is -1.75. The van der Waals surface area contributed by atoms with Crippen LogP contribution in [0.5, 0.6) is 5.75 Å². The molecule has 8 heteroatoms. The van der Waals surface area contributed by atoms with Gasteiger partial charge in [0, 0.05) is 11.5 Å². The van der Waals surface area contributed by atoms with Gasteiger partial charge in [0.05, 0.1) is 5.57 Å². The first kappa shape index (κ1) is 14.8. The van der Waals surface area contributed by atoms with Gasteiger partial charge in [0.15, 0.2) is 11.5 Å². The van der Waals surface area contributed by atoms with Crippen molar-refractivity contribution in [3.63, 3.8) is 0 Å². The SMILES string of the molecule is O=C(C1=C(O)C(=O)N(c2nncs2)C1c1ccccc1O)C1CC1. The molecule has 1 aromatic heterocycles. The maximum absolute atomic E-state index is 12.7. The zero-order valence-corrected chi connectivity index (χ0v) is 13.2. The maximum Gasteiger partial charge on any atom is 0.296 e. The highest BCUT2D eigenvalue weighted by atomic mass is 32.1. The van der Waals surface area contributed by atoms with E-state index in [1.165, 1.54) is 16.5 Å². The number of benzene rings is 1. The van der Waals surface area contributed by atoms with Gasteiger partial charge < -0.3 is 10.2 Å². The number of phenols is 1. The fourth-order valence-electron chi connectivity index (χ4n) is 2.90. The third kappa shape index (κ3) is 2.18. The van der Waals surface area contributed by atoms with E-state index in [2.05, 4.69) is 10.2 Å². The molecule has 1 aliphatic heterocycles. The number of hydrogen-bond acceptors (Lipinski definition) is 7. The standard InChI is InChI=1S/C16H13N3O4S/c20-10-4-2-1-3-9(10)12-11(13(21)8-5-6-8)14(22)15(23)19(12)16-18-17-7-24-16/h1-4,7-8,12,20,22H,5-6H2. The highest BCUT2D eigenvalue weighted by Crippen LogP contribution is 2.46. The molecule has 4 rings (SSSR count). The number of amides is 1. The number of carbonyl (C=O) groups excluding carboxylic acids is 2. The predicted octanol–water partition coefficient (Wildman–Crippen LogP) is 2.12. The number of aliphatic hydroxyl groups is 1. The van der Waals surface area contributed by atoms with Crippen LogP contribution in [-0.4, -0.2) is 32.1 Å². The van der Waals surface area contributed by atoms with Crippen LogP contribution in [0.25, 0.3) is 0 Å². The maximum atomic E-state index is 12.7. The van der Waals surface area contributed by atoms with Crippen molar-refractivity contribution in [2.75, 3.05) is 4.90 Å². The van der Waals surface area contributed by atoms with Crippen LogP contribution in [0.3, 0.4) is 0 Å². The molecule has 0 radical (unpaired) electrons. The van der Waals surface area contributed by atoms with Crippen LogP contribution >= 0.6 is 11.3 Å². The molecule has 7 nitrogen and oxygen atoms in total. The molecule has 2 aliphatic rings. The third-order valence-corrected chi connectivity index (χ3v) is 4.90. The Bertz CT molecular complexity index is 858. The number of anilines is 1. The molecule has 1 saturated carbocycles. The second kappa shape index (κ2) is 5.41. The minimum Gasteiger partial charge on any atom is -0.508 e. The second-order valence-corrected chi connectivity index (χ2v) is 6.57. The highest BCUT2D eigenvalue weighted by molar-refractivity contribution is 7.13. The first-order chi connectivity index (χ1) is 11.6. The lowest BCUT2D eigenvalue weighted by Crippen LogP contribution is -2.31. The molecule has 1 fully saturated rings. The summed E-state index contributed by atoms with van der Waals surface area (Å²) in [6.45, 7) is 0. The van der Waals surface area contributed by atoms with E-state index in [0.29, 0.717) is 5.56 Å². The van der Waals surface area contributed by atoms with Crippen molar-refractivity contribution in [1.29, 1.82) is 0 Å². The van der Waals surface area contributed by atoms with Gasteiger partial charge in [-0.05, 0) is 18.9 Å². The monoisotopic (exact) mass is 343 g/mol. The molecule has 1 aromatic carbocycles. The molecule has 1 unspecified atom stereocenters. The summed E-state index contributed by atoms with van der Waals surface area (Å²) in [7, 11) is 0. The average molecular weight is 343 g/mol. The Hall–Kier alpha value is -2.74. The average Bonchev–Trinajstić information content (AvgIpc) is 3.23. The summed E-state index contributed by atoms with van der Waals surface area (Å²) in [4.78, 5) is 26.5. The summed E-state index contributed by atoms with van der Waals surface area (Å²) in [6.07, 6.45) is 1.49. The zero-order valence-electron chi connectivity index (χ0n) is 12.4. The number of carbonyl (C=O) groups is 2.